The molecule has 0 bridgehead atoms. The zero-order valence-corrected chi connectivity index (χ0v) is 20.2. The van der Waals surface area contributed by atoms with Crippen molar-refractivity contribution in [2.45, 2.75) is 41.5 Å². The van der Waals surface area contributed by atoms with Crippen molar-refractivity contribution < 1.29 is 0 Å². The molecular formula is C32H34. The Labute approximate surface area is 193 Å². The molecule has 0 aliphatic rings. The summed E-state index contributed by atoms with van der Waals surface area (Å²) < 4.78 is 0. The van der Waals surface area contributed by atoms with E-state index in [0.717, 1.165) is 0 Å². The number of benzene rings is 5. The average Bonchev–Trinajstić information content (AvgIpc) is 2.77. The van der Waals surface area contributed by atoms with E-state index < -0.39 is 0 Å². The van der Waals surface area contributed by atoms with Gasteiger partial charge in [-0.2, -0.15) is 0 Å². The second-order valence-electron chi connectivity index (χ2n) is 8.75. The third kappa shape index (κ3) is 6.31. The standard InChI is InChI=1S/2C12H12.C8H10/c1-9-6-7-12-10(2)4-3-5-11(12)8-9;1-9-6-7-11-5-3-4-10(2)12(11)8-9;1-7-3-5-8(2)6-4-7/h2*3-8H,1-2H3;3-6H,1-2H3. The summed E-state index contributed by atoms with van der Waals surface area (Å²) in [4.78, 5) is 0. The minimum absolute atomic E-state index is 1.33. The summed E-state index contributed by atoms with van der Waals surface area (Å²) in [6, 6.07) is 34.5. The van der Waals surface area contributed by atoms with Crippen LogP contribution in [0.3, 0.4) is 0 Å². The number of aryl methyl sites for hydroxylation is 6. The predicted octanol–water partition coefficient (Wildman–Crippen LogP) is 9.22. The molecule has 0 atom stereocenters. The number of rotatable bonds is 0. The van der Waals surface area contributed by atoms with Gasteiger partial charge >= 0.3 is 0 Å². The van der Waals surface area contributed by atoms with Crippen LogP contribution >= 0.6 is 0 Å². The molecule has 0 unspecified atom stereocenters. The molecule has 5 aromatic carbocycles. The van der Waals surface area contributed by atoms with Crippen LogP contribution in [0.15, 0.2) is 97.1 Å². The third-order valence-corrected chi connectivity index (χ3v) is 5.73. The number of fused-ring (bicyclic) bond motifs is 2. The highest BCUT2D eigenvalue weighted by atomic mass is 14.0. The molecule has 0 saturated heterocycles. The monoisotopic (exact) mass is 418 g/mol. The molecule has 32 heavy (non-hydrogen) atoms. The molecule has 0 aliphatic heterocycles. The molecule has 0 saturated carbocycles. The van der Waals surface area contributed by atoms with Crippen LogP contribution in [0.4, 0.5) is 0 Å². The molecule has 0 amide bonds. The van der Waals surface area contributed by atoms with E-state index in [9.17, 15) is 0 Å². The highest BCUT2D eigenvalue weighted by Crippen LogP contribution is 2.20. The number of hydrogen-bond donors (Lipinski definition) is 0. The van der Waals surface area contributed by atoms with Crippen LogP contribution in [0.5, 0.6) is 0 Å². The minimum atomic E-state index is 1.33. The van der Waals surface area contributed by atoms with Gasteiger partial charge in [0.05, 0.1) is 0 Å². The molecule has 0 N–H and O–H groups in total. The summed E-state index contributed by atoms with van der Waals surface area (Å²) in [6.07, 6.45) is 0. The quantitative estimate of drug-likeness (QED) is 0.235. The summed E-state index contributed by atoms with van der Waals surface area (Å²) >= 11 is 0. The van der Waals surface area contributed by atoms with Gasteiger partial charge in [0.2, 0.25) is 0 Å². The van der Waals surface area contributed by atoms with E-state index in [0.29, 0.717) is 0 Å². The van der Waals surface area contributed by atoms with Crippen LogP contribution in [0.25, 0.3) is 21.5 Å². The maximum absolute atomic E-state index is 2.24. The van der Waals surface area contributed by atoms with Gasteiger partial charge in [-0.15, -0.1) is 0 Å². The van der Waals surface area contributed by atoms with Crippen molar-refractivity contribution in [1.82, 2.24) is 0 Å². The van der Waals surface area contributed by atoms with Gasteiger partial charge in [-0.1, -0.05) is 119 Å². The molecule has 0 aliphatic carbocycles. The molecule has 0 radical (unpaired) electrons. The Morgan fingerprint density at radius 1 is 0.344 bits per heavy atom. The molecule has 162 valence electrons. The topological polar surface area (TPSA) is 0 Å². The Balaban J connectivity index is 0.000000139. The van der Waals surface area contributed by atoms with Gasteiger partial charge in [0.25, 0.3) is 0 Å². The molecule has 5 aromatic rings. The lowest BCUT2D eigenvalue weighted by Gasteiger charge is -2.01. The predicted molar refractivity (Wildman–Crippen MR) is 143 cm³/mol. The maximum Gasteiger partial charge on any atom is -0.0152 e. The zero-order valence-electron chi connectivity index (χ0n) is 20.2. The van der Waals surface area contributed by atoms with Crippen LogP contribution < -0.4 is 0 Å². The molecule has 0 heterocycles. The highest BCUT2D eigenvalue weighted by Gasteiger charge is 1.96. The molecule has 0 aromatic heterocycles. The Hall–Kier alpha value is -3.38. The van der Waals surface area contributed by atoms with E-state index >= 15 is 0 Å². The van der Waals surface area contributed by atoms with Gasteiger partial charge in [-0.3, -0.25) is 0 Å². The second kappa shape index (κ2) is 10.8. The maximum atomic E-state index is 2.24. The van der Waals surface area contributed by atoms with E-state index in [2.05, 4.69) is 139 Å². The molecule has 5 rings (SSSR count). The van der Waals surface area contributed by atoms with Crippen LogP contribution in [-0.2, 0) is 0 Å². The fraction of sp³-hybridized carbons (Fsp3) is 0.188. The average molecular weight is 419 g/mol. The van der Waals surface area contributed by atoms with Crippen molar-refractivity contribution in [3.8, 4) is 0 Å². The Morgan fingerprint density at radius 3 is 1.44 bits per heavy atom. The lowest BCUT2D eigenvalue weighted by Crippen LogP contribution is -1.78. The Morgan fingerprint density at radius 2 is 0.812 bits per heavy atom. The number of hydrogen-bond acceptors (Lipinski definition) is 0. The first kappa shape index (κ1) is 23.3. The molecular weight excluding hydrogens is 384 g/mol. The summed E-state index contributed by atoms with van der Waals surface area (Å²) in [5.74, 6) is 0. The van der Waals surface area contributed by atoms with Crippen molar-refractivity contribution in [2.75, 3.05) is 0 Å². The first-order valence-electron chi connectivity index (χ1n) is 11.3. The Bertz CT molecular complexity index is 1290. The van der Waals surface area contributed by atoms with E-state index in [1.54, 1.807) is 0 Å². The lowest BCUT2D eigenvalue weighted by atomic mass is 10.0. The normalized spacial score (nSPS) is 10.2. The molecule has 0 fully saturated rings. The first-order chi connectivity index (χ1) is 15.3. The summed E-state index contributed by atoms with van der Waals surface area (Å²) in [5, 5.41) is 5.41. The summed E-state index contributed by atoms with van der Waals surface area (Å²) in [6.45, 7) is 12.8. The summed E-state index contributed by atoms with van der Waals surface area (Å²) in [5.41, 5.74) is 8.03. The highest BCUT2D eigenvalue weighted by molar-refractivity contribution is 5.86. The van der Waals surface area contributed by atoms with Crippen molar-refractivity contribution in [1.29, 1.82) is 0 Å². The van der Waals surface area contributed by atoms with E-state index in [-0.39, 0.29) is 0 Å². The molecule has 0 nitrogen and oxygen atoms in total. The van der Waals surface area contributed by atoms with Crippen LogP contribution in [0.2, 0.25) is 0 Å². The first-order valence-corrected chi connectivity index (χ1v) is 11.3. The van der Waals surface area contributed by atoms with Crippen LogP contribution in [-0.4, -0.2) is 0 Å². The largest absolute Gasteiger partial charge is 0.0614 e. The minimum Gasteiger partial charge on any atom is -0.0614 e. The molecule has 0 spiro atoms. The van der Waals surface area contributed by atoms with E-state index in [4.69, 9.17) is 0 Å². The third-order valence-electron chi connectivity index (χ3n) is 5.73. The van der Waals surface area contributed by atoms with Crippen LogP contribution in [0.1, 0.15) is 33.4 Å². The van der Waals surface area contributed by atoms with Gasteiger partial charge in [0.1, 0.15) is 0 Å². The van der Waals surface area contributed by atoms with Crippen molar-refractivity contribution >= 4 is 21.5 Å². The Kier molecular flexibility index (Phi) is 7.84. The smallest absolute Gasteiger partial charge is 0.0152 e. The fourth-order valence-corrected chi connectivity index (χ4v) is 3.74. The van der Waals surface area contributed by atoms with Gasteiger partial charge in [-0.05, 0) is 74.2 Å². The van der Waals surface area contributed by atoms with Gasteiger partial charge in [0.15, 0.2) is 0 Å². The van der Waals surface area contributed by atoms with Gasteiger partial charge < -0.3 is 0 Å². The fourth-order valence-electron chi connectivity index (χ4n) is 3.74. The van der Waals surface area contributed by atoms with Crippen molar-refractivity contribution in [3.63, 3.8) is 0 Å². The van der Waals surface area contributed by atoms with Crippen molar-refractivity contribution in [3.05, 3.63) is 130 Å². The van der Waals surface area contributed by atoms with Crippen LogP contribution in [0, 0.1) is 41.5 Å². The van der Waals surface area contributed by atoms with Gasteiger partial charge in [0, 0.05) is 0 Å². The summed E-state index contributed by atoms with van der Waals surface area (Å²) in [7, 11) is 0. The molecule has 0 heteroatoms. The van der Waals surface area contributed by atoms with E-state index in [1.807, 2.05) is 0 Å². The van der Waals surface area contributed by atoms with Crippen molar-refractivity contribution in [2.24, 2.45) is 0 Å². The second-order valence-corrected chi connectivity index (χ2v) is 8.75. The zero-order chi connectivity index (χ0) is 23.1. The van der Waals surface area contributed by atoms with E-state index in [1.165, 1.54) is 54.9 Å². The van der Waals surface area contributed by atoms with Gasteiger partial charge in [-0.25, -0.2) is 0 Å². The SMILES string of the molecule is Cc1ccc(C)cc1.Cc1ccc2c(C)cccc2c1.Cc1ccc2cccc(C)c2c1. The lowest BCUT2D eigenvalue weighted by molar-refractivity contribution is 1.40.